The highest BCUT2D eigenvalue weighted by atomic mass is 79.9. The molecule has 1 heterocycles. The van der Waals surface area contributed by atoms with Gasteiger partial charge in [-0.25, -0.2) is 4.39 Å². The van der Waals surface area contributed by atoms with Crippen molar-refractivity contribution in [1.82, 2.24) is 0 Å². The molecule has 1 unspecified atom stereocenters. The Bertz CT molecular complexity index is 469. The fourth-order valence-corrected chi connectivity index (χ4v) is 1.91. The number of benzene rings is 1. The highest BCUT2D eigenvalue weighted by Crippen LogP contribution is 2.28. The first-order valence-electron chi connectivity index (χ1n) is 4.43. The van der Waals surface area contributed by atoms with Gasteiger partial charge in [-0.3, -0.25) is 0 Å². The summed E-state index contributed by atoms with van der Waals surface area (Å²) in [6.07, 6.45) is 1.51. The summed E-state index contributed by atoms with van der Waals surface area (Å²) in [6, 6.07) is 7.66. The second-order valence-electron chi connectivity index (χ2n) is 3.15. The van der Waals surface area contributed by atoms with E-state index in [1.165, 1.54) is 12.3 Å². The van der Waals surface area contributed by atoms with E-state index >= 15 is 0 Å². The molecule has 2 aromatic rings. The van der Waals surface area contributed by atoms with Crippen LogP contribution in [0, 0.1) is 5.82 Å². The van der Waals surface area contributed by atoms with Crippen molar-refractivity contribution in [2.75, 3.05) is 0 Å². The third kappa shape index (κ3) is 1.96. The smallest absolute Gasteiger partial charge is 0.174 e. The third-order valence-corrected chi connectivity index (χ3v) is 2.87. The number of halogens is 2. The quantitative estimate of drug-likeness (QED) is 0.909. The Balaban J connectivity index is 2.41. The summed E-state index contributed by atoms with van der Waals surface area (Å²) in [5.41, 5.74) is 7.13. The number of rotatable bonds is 2. The molecule has 0 spiro atoms. The molecule has 1 aromatic heterocycles. The van der Waals surface area contributed by atoms with E-state index in [1.54, 1.807) is 24.3 Å². The van der Waals surface area contributed by atoms with Crippen LogP contribution in [0.2, 0.25) is 0 Å². The molecule has 0 amide bonds. The van der Waals surface area contributed by atoms with Crippen molar-refractivity contribution < 1.29 is 8.81 Å². The van der Waals surface area contributed by atoms with Crippen molar-refractivity contribution in [3.05, 3.63) is 58.2 Å². The maximum atomic E-state index is 13.4. The summed E-state index contributed by atoms with van der Waals surface area (Å²) in [5.74, 6) is -0.307. The SMILES string of the molecule is NC(c1ccccc1F)c1ccoc1Br. The zero-order valence-corrected chi connectivity index (χ0v) is 9.37. The van der Waals surface area contributed by atoms with Crippen LogP contribution in [0.25, 0.3) is 0 Å². The summed E-state index contributed by atoms with van der Waals surface area (Å²) in [7, 11) is 0. The van der Waals surface area contributed by atoms with Gasteiger partial charge in [0.1, 0.15) is 5.82 Å². The van der Waals surface area contributed by atoms with Gasteiger partial charge < -0.3 is 10.2 Å². The highest BCUT2D eigenvalue weighted by molar-refractivity contribution is 9.10. The molecule has 0 bridgehead atoms. The van der Waals surface area contributed by atoms with Crippen LogP contribution >= 0.6 is 15.9 Å². The molecule has 0 saturated carbocycles. The molecule has 0 fully saturated rings. The maximum absolute atomic E-state index is 13.4. The fraction of sp³-hybridized carbons (Fsp3) is 0.0909. The molecule has 1 aromatic carbocycles. The zero-order valence-electron chi connectivity index (χ0n) is 7.78. The van der Waals surface area contributed by atoms with Crippen molar-refractivity contribution >= 4 is 15.9 Å². The second kappa shape index (κ2) is 4.16. The minimum absolute atomic E-state index is 0.307. The Labute approximate surface area is 95.0 Å². The lowest BCUT2D eigenvalue weighted by Crippen LogP contribution is -2.13. The highest BCUT2D eigenvalue weighted by Gasteiger charge is 2.17. The van der Waals surface area contributed by atoms with E-state index < -0.39 is 6.04 Å². The normalized spacial score (nSPS) is 12.7. The van der Waals surface area contributed by atoms with E-state index in [9.17, 15) is 4.39 Å². The lowest BCUT2D eigenvalue weighted by molar-refractivity contribution is 0.532. The molecular formula is C11H9BrFNO. The molecule has 0 aliphatic rings. The summed E-state index contributed by atoms with van der Waals surface area (Å²) >= 11 is 3.22. The predicted molar refractivity (Wildman–Crippen MR) is 58.8 cm³/mol. The lowest BCUT2D eigenvalue weighted by Gasteiger charge is -2.11. The molecule has 2 rings (SSSR count). The van der Waals surface area contributed by atoms with E-state index in [4.69, 9.17) is 10.2 Å². The molecule has 0 aliphatic heterocycles. The molecule has 78 valence electrons. The largest absolute Gasteiger partial charge is 0.457 e. The van der Waals surface area contributed by atoms with Crippen molar-refractivity contribution in [3.63, 3.8) is 0 Å². The first-order chi connectivity index (χ1) is 7.20. The van der Waals surface area contributed by atoms with Crippen LogP contribution in [0.5, 0.6) is 0 Å². The number of furan rings is 1. The van der Waals surface area contributed by atoms with Gasteiger partial charge in [0.15, 0.2) is 4.67 Å². The maximum Gasteiger partial charge on any atom is 0.174 e. The van der Waals surface area contributed by atoms with Gasteiger partial charge in [0.05, 0.1) is 12.3 Å². The second-order valence-corrected chi connectivity index (χ2v) is 3.87. The summed E-state index contributed by atoms with van der Waals surface area (Å²) < 4.78 is 19.0. The molecule has 2 nitrogen and oxygen atoms in total. The Hall–Kier alpha value is -1.13. The summed E-state index contributed by atoms with van der Waals surface area (Å²) in [5, 5.41) is 0. The minimum atomic E-state index is -0.515. The van der Waals surface area contributed by atoms with Gasteiger partial charge in [-0.15, -0.1) is 0 Å². The van der Waals surface area contributed by atoms with Crippen LogP contribution in [0.1, 0.15) is 17.2 Å². The molecule has 2 N–H and O–H groups in total. The summed E-state index contributed by atoms with van der Waals surface area (Å²) in [4.78, 5) is 0. The number of nitrogens with two attached hydrogens (primary N) is 1. The van der Waals surface area contributed by atoms with Crippen LogP contribution in [-0.2, 0) is 0 Å². The first-order valence-corrected chi connectivity index (χ1v) is 5.22. The Morgan fingerprint density at radius 2 is 1.93 bits per heavy atom. The van der Waals surface area contributed by atoms with Gasteiger partial charge in [-0.2, -0.15) is 0 Å². The Morgan fingerprint density at radius 1 is 1.20 bits per heavy atom. The van der Waals surface area contributed by atoms with Crippen LogP contribution in [0.4, 0.5) is 4.39 Å². The topological polar surface area (TPSA) is 39.2 Å². The van der Waals surface area contributed by atoms with Crippen LogP contribution in [0.15, 0.2) is 45.7 Å². The third-order valence-electron chi connectivity index (χ3n) is 2.22. The van der Waals surface area contributed by atoms with E-state index in [0.29, 0.717) is 10.2 Å². The van der Waals surface area contributed by atoms with Crippen molar-refractivity contribution in [2.24, 2.45) is 5.73 Å². The van der Waals surface area contributed by atoms with Crippen molar-refractivity contribution in [3.8, 4) is 0 Å². The fourth-order valence-electron chi connectivity index (χ4n) is 1.42. The van der Waals surface area contributed by atoms with Crippen molar-refractivity contribution in [1.29, 1.82) is 0 Å². The Kier molecular flexibility index (Phi) is 2.88. The van der Waals surface area contributed by atoms with E-state index in [1.807, 2.05) is 0 Å². The van der Waals surface area contributed by atoms with Crippen LogP contribution in [-0.4, -0.2) is 0 Å². The molecular weight excluding hydrogens is 261 g/mol. The minimum Gasteiger partial charge on any atom is -0.457 e. The molecule has 0 saturated heterocycles. The summed E-state index contributed by atoms with van der Waals surface area (Å²) in [6.45, 7) is 0. The van der Waals surface area contributed by atoms with Gasteiger partial charge >= 0.3 is 0 Å². The molecule has 1 atom stereocenters. The van der Waals surface area contributed by atoms with Gasteiger partial charge in [0.2, 0.25) is 0 Å². The molecule has 0 radical (unpaired) electrons. The lowest BCUT2D eigenvalue weighted by atomic mass is 10.0. The van der Waals surface area contributed by atoms with E-state index in [0.717, 1.165) is 5.56 Å². The van der Waals surface area contributed by atoms with Gasteiger partial charge in [-0.1, -0.05) is 18.2 Å². The standard InChI is InChI=1S/C11H9BrFNO/c12-11-8(5-6-15-11)10(14)7-3-1-2-4-9(7)13/h1-6,10H,14H2. The molecule has 0 aliphatic carbocycles. The Morgan fingerprint density at radius 3 is 2.53 bits per heavy atom. The average Bonchev–Trinajstić information content (AvgIpc) is 2.64. The van der Waals surface area contributed by atoms with Crippen molar-refractivity contribution in [2.45, 2.75) is 6.04 Å². The van der Waals surface area contributed by atoms with E-state index in [2.05, 4.69) is 15.9 Å². The van der Waals surface area contributed by atoms with Gasteiger partial charge in [0.25, 0.3) is 0 Å². The van der Waals surface area contributed by atoms with E-state index in [-0.39, 0.29) is 5.82 Å². The van der Waals surface area contributed by atoms with Gasteiger partial charge in [-0.05, 0) is 28.1 Å². The first kappa shape index (κ1) is 10.4. The average molecular weight is 270 g/mol. The monoisotopic (exact) mass is 269 g/mol. The number of hydrogen-bond donors (Lipinski definition) is 1. The molecule has 15 heavy (non-hydrogen) atoms. The van der Waals surface area contributed by atoms with Crippen LogP contribution < -0.4 is 5.73 Å². The van der Waals surface area contributed by atoms with Crippen LogP contribution in [0.3, 0.4) is 0 Å². The predicted octanol–water partition coefficient (Wildman–Crippen LogP) is 3.23. The zero-order chi connectivity index (χ0) is 10.8. The molecule has 4 heteroatoms. The van der Waals surface area contributed by atoms with Gasteiger partial charge in [0, 0.05) is 11.1 Å². The number of hydrogen-bond acceptors (Lipinski definition) is 2.